The van der Waals surface area contributed by atoms with E-state index in [9.17, 15) is 37.5 Å². The molecule has 0 bridgehead atoms. The number of hydrogen-bond acceptors (Lipinski definition) is 11. The van der Waals surface area contributed by atoms with Crippen molar-refractivity contribution < 1.29 is 42.2 Å². The van der Waals surface area contributed by atoms with Crippen LogP contribution in [0.15, 0.2) is 54.7 Å². The number of rotatable bonds is 14. The van der Waals surface area contributed by atoms with Crippen LogP contribution in [0.1, 0.15) is 84.1 Å². The number of carbonyl (C=O) groups excluding carboxylic acids is 4. The summed E-state index contributed by atoms with van der Waals surface area (Å²) in [6.45, 7) is 10.7. The molecule has 7 rings (SSSR count). The predicted octanol–water partition coefficient (Wildman–Crippen LogP) is 4.91. The fraction of sp³-hybridized carbons (Fsp3) is 0.500. The molecule has 332 valence electrons. The Bertz CT molecular complexity index is 2290. The number of benzene rings is 2. The molecule has 1 spiro atoms. The minimum absolute atomic E-state index is 0.0269. The third-order valence-corrected chi connectivity index (χ3v) is 12.5. The van der Waals surface area contributed by atoms with Gasteiger partial charge in [0.25, 0.3) is 11.8 Å². The number of fused-ring (bicyclic) bond motifs is 1. The van der Waals surface area contributed by atoms with Crippen LogP contribution in [0.5, 0.6) is 5.75 Å². The van der Waals surface area contributed by atoms with Crippen LogP contribution in [-0.2, 0) is 21.4 Å². The van der Waals surface area contributed by atoms with Gasteiger partial charge < -0.3 is 34.8 Å². The van der Waals surface area contributed by atoms with Gasteiger partial charge in [0.1, 0.15) is 17.1 Å². The standard InChI is InChI=1S/C44H54F3N9O6/c1-42(2,61)32-24-34-30(22-35(32)50-40(59)33-6-5-7-38(49-33)44(45,46)47)25-56(51-34)31-10-16-53(17-11-31)20-21-54-26-43(27-54)13-18-55(19-14-43)41(60)29-8-9-37(62-4)36(23-29)52(3)15-12-39(58)48-28-57/h5-9,22-25,28,31,61H,10-21,26-27H2,1-4H3,(H,50,59)(H,48,57,58). The van der Waals surface area contributed by atoms with Crippen LogP contribution < -0.4 is 20.3 Å². The van der Waals surface area contributed by atoms with E-state index in [1.807, 2.05) is 27.7 Å². The van der Waals surface area contributed by atoms with E-state index in [0.29, 0.717) is 54.1 Å². The molecule has 3 aliphatic heterocycles. The van der Waals surface area contributed by atoms with E-state index in [0.717, 1.165) is 82.5 Å². The first-order valence-corrected chi connectivity index (χ1v) is 20.9. The number of hydrogen-bond donors (Lipinski definition) is 3. The van der Waals surface area contributed by atoms with Crippen LogP contribution in [0.2, 0.25) is 0 Å². The van der Waals surface area contributed by atoms with Crippen molar-refractivity contribution in [3.8, 4) is 5.75 Å². The SMILES string of the molecule is COc1ccc(C(=O)N2CCC3(CC2)CN(CCN2CCC(n4cc5cc(NC(=O)c6cccc(C(F)(F)F)n6)c(C(C)(C)O)cc5n4)CC2)C3)cc1N(C)CCC(=O)NC=O. The molecule has 3 N–H and O–H groups in total. The van der Waals surface area contributed by atoms with Gasteiger partial charge in [0.2, 0.25) is 12.3 Å². The van der Waals surface area contributed by atoms with E-state index >= 15 is 0 Å². The molecule has 0 aliphatic carbocycles. The topological polar surface area (TPSA) is 165 Å². The zero-order valence-corrected chi connectivity index (χ0v) is 35.5. The lowest BCUT2D eigenvalue weighted by molar-refractivity contribution is -0.141. The zero-order valence-electron chi connectivity index (χ0n) is 35.5. The lowest BCUT2D eigenvalue weighted by atomic mass is 9.72. The Kier molecular flexibility index (Phi) is 12.9. The third-order valence-electron chi connectivity index (χ3n) is 12.5. The molecule has 15 nitrogen and oxygen atoms in total. The van der Waals surface area contributed by atoms with Gasteiger partial charge in [-0.2, -0.15) is 18.3 Å². The van der Waals surface area contributed by atoms with Gasteiger partial charge in [-0.15, -0.1) is 0 Å². The Morgan fingerprint density at radius 3 is 2.37 bits per heavy atom. The van der Waals surface area contributed by atoms with Gasteiger partial charge in [0.15, 0.2) is 0 Å². The van der Waals surface area contributed by atoms with Crippen molar-refractivity contribution in [1.29, 1.82) is 0 Å². The van der Waals surface area contributed by atoms with Crippen molar-refractivity contribution in [3.05, 3.63) is 77.2 Å². The van der Waals surface area contributed by atoms with Crippen molar-refractivity contribution in [2.45, 2.75) is 63.8 Å². The van der Waals surface area contributed by atoms with Gasteiger partial charge in [-0.3, -0.25) is 29.2 Å². The van der Waals surface area contributed by atoms with Crippen molar-refractivity contribution in [2.24, 2.45) is 5.41 Å². The first kappa shape index (κ1) is 44.5. The summed E-state index contributed by atoms with van der Waals surface area (Å²) >= 11 is 0. The number of likely N-dealkylation sites (tertiary alicyclic amines) is 3. The number of aromatic nitrogens is 3. The zero-order chi connectivity index (χ0) is 44.4. The normalized spacial score (nSPS) is 17.5. The number of halogens is 3. The number of piperidine rings is 2. The Hall–Kier alpha value is -5.59. The van der Waals surface area contributed by atoms with Gasteiger partial charge >= 0.3 is 6.18 Å². The molecule has 3 fully saturated rings. The number of nitrogens with one attached hydrogen (secondary N) is 2. The Morgan fingerprint density at radius 2 is 1.71 bits per heavy atom. The van der Waals surface area contributed by atoms with Gasteiger partial charge in [-0.1, -0.05) is 6.07 Å². The molecule has 5 heterocycles. The molecular weight excluding hydrogens is 808 g/mol. The van der Waals surface area contributed by atoms with E-state index in [4.69, 9.17) is 9.84 Å². The number of pyridine rings is 1. The monoisotopic (exact) mass is 861 g/mol. The number of ether oxygens (including phenoxy) is 1. The maximum absolute atomic E-state index is 13.6. The first-order valence-electron chi connectivity index (χ1n) is 20.9. The molecule has 4 amide bonds. The molecule has 2 aromatic heterocycles. The maximum atomic E-state index is 13.6. The number of carbonyl (C=O) groups is 4. The first-order chi connectivity index (χ1) is 29.4. The molecule has 0 atom stereocenters. The second kappa shape index (κ2) is 18.0. The number of imide groups is 1. The third kappa shape index (κ3) is 10.0. The molecule has 3 aliphatic rings. The van der Waals surface area contributed by atoms with Crippen molar-refractivity contribution in [2.75, 3.05) is 83.3 Å². The van der Waals surface area contributed by atoms with Gasteiger partial charge in [-0.25, -0.2) is 4.98 Å². The van der Waals surface area contributed by atoms with Crippen LogP contribution in [0.3, 0.4) is 0 Å². The lowest BCUT2D eigenvalue weighted by Crippen LogP contribution is -2.61. The number of aliphatic hydroxyl groups is 1. The molecule has 0 radical (unpaired) electrons. The molecule has 2 aromatic carbocycles. The van der Waals surface area contributed by atoms with Crippen molar-refractivity contribution in [3.63, 3.8) is 0 Å². The van der Waals surface area contributed by atoms with E-state index < -0.39 is 29.1 Å². The molecule has 3 saturated heterocycles. The fourth-order valence-electron chi connectivity index (χ4n) is 8.88. The maximum Gasteiger partial charge on any atom is 0.433 e. The predicted molar refractivity (Wildman–Crippen MR) is 226 cm³/mol. The quantitative estimate of drug-likeness (QED) is 0.148. The highest BCUT2D eigenvalue weighted by Crippen LogP contribution is 2.41. The van der Waals surface area contributed by atoms with Crippen molar-refractivity contribution >= 4 is 46.4 Å². The summed E-state index contributed by atoms with van der Waals surface area (Å²) in [5.41, 5.74) is -0.180. The average Bonchev–Trinajstić information content (AvgIpc) is 3.66. The summed E-state index contributed by atoms with van der Waals surface area (Å²) in [5, 5.41) is 21.4. The van der Waals surface area contributed by atoms with Gasteiger partial charge in [0.05, 0.1) is 30.0 Å². The molecule has 0 saturated carbocycles. The molecule has 4 aromatic rings. The number of methoxy groups -OCH3 is 1. The van der Waals surface area contributed by atoms with E-state index in [1.165, 1.54) is 6.07 Å². The summed E-state index contributed by atoms with van der Waals surface area (Å²) in [7, 11) is 3.37. The summed E-state index contributed by atoms with van der Waals surface area (Å²) in [6, 6.07) is 12.1. The largest absolute Gasteiger partial charge is 0.495 e. The second-order valence-corrected chi connectivity index (χ2v) is 17.3. The number of nitrogens with zero attached hydrogens (tertiary/aromatic N) is 7. The smallest absolute Gasteiger partial charge is 0.433 e. The number of amides is 4. The highest BCUT2D eigenvalue weighted by Gasteiger charge is 2.45. The Labute approximate surface area is 358 Å². The highest BCUT2D eigenvalue weighted by molar-refractivity contribution is 6.04. The number of alkyl halides is 3. The van der Waals surface area contributed by atoms with Crippen LogP contribution in [0.4, 0.5) is 24.5 Å². The van der Waals surface area contributed by atoms with E-state index in [2.05, 4.69) is 25.4 Å². The Morgan fingerprint density at radius 1 is 1.00 bits per heavy atom. The summed E-state index contributed by atoms with van der Waals surface area (Å²) < 4.78 is 47.2. The second-order valence-electron chi connectivity index (χ2n) is 17.3. The summed E-state index contributed by atoms with van der Waals surface area (Å²) in [6.07, 6.45) is 1.40. The van der Waals surface area contributed by atoms with Crippen molar-refractivity contribution in [1.82, 2.24) is 34.8 Å². The van der Waals surface area contributed by atoms with Crippen LogP contribution in [0, 0.1) is 5.41 Å². The molecular formula is C44H54F3N9O6. The average molecular weight is 862 g/mol. The van der Waals surface area contributed by atoms with Gasteiger partial charge in [-0.05, 0) is 87.4 Å². The molecule has 62 heavy (non-hydrogen) atoms. The van der Waals surface area contributed by atoms with Crippen LogP contribution in [-0.4, -0.2) is 132 Å². The minimum atomic E-state index is -4.70. The van der Waals surface area contributed by atoms with E-state index in [1.54, 1.807) is 51.3 Å². The molecule has 0 unspecified atom stereocenters. The van der Waals surface area contributed by atoms with E-state index in [-0.39, 0.29) is 35.4 Å². The minimum Gasteiger partial charge on any atom is -0.495 e. The summed E-state index contributed by atoms with van der Waals surface area (Å²) in [5.74, 6) is -0.641. The Balaban J connectivity index is 0.876. The highest BCUT2D eigenvalue weighted by atomic mass is 19.4. The van der Waals surface area contributed by atoms with Crippen LogP contribution in [0.25, 0.3) is 10.9 Å². The number of anilines is 2. The summed E-state index contributed by atoms with van der Waals surface area (Å²) in [4.78, 5) is 61.3. The van der Waals surface area contributed by atoms with Crippen LogP contribution >= 0.6 is 0 Å². The lowest BCUT2D eigenvalue weighted by Gasteiger charge is -2.54. The van der Waals surface area contributed by atoms with Gasteiger partial charge in [0, 0.05) is 101 Å². The molecule has 18 heteroatoms. The fourth-order valence-corrected chi connectivity index (χ4v) is 8.88.